The molecule has 142 valence electrons. The Kier molecular flexibility index (Phi) is 7.42. The van der Waals surface area contributed by atoms with E-state index < -0.39 is 17.7 Å². The van der Waals surface area contributed by atoms with Gasteiger partial charge in [-0.25, -0.2) is 4.79 Å². The van der Waals surface area contributed by atoms with Crippen LogP contribution in [0.25, 0.3) is 9.88 Å². The lowest BCUT2D eigenvalue weighted by molar-refractivity contribution is -0.118. The van der Waals surface area contributed by atoms with Crippen molar-refractivity contribution in [2.45, 2.75) is 38.8 Å². The monoisotopic (exact) mass is 414 g/mol. The van der Waals surface area contributed by atoms with Crippen LogP contribution in [0.5, 0.6) is 0 Å². The summed E-state index contributed by atoms with van der Waals surface area (Å²) in [5.74, 6) is 0.392. The second-order valence-electron chi connectivity index (χ2n) is 6.36. The van der Waals surface area contributed by atoms with Gasteiger partial charge in [-0.1, -0.05) is 17.4 Å². The lowest BCUT2D eigenvalue weighted by atomic mass is 10.2. The van der Waals surface area contributed by atoms with E-state index in [9.17, 15) is 9.59 Å². The van der Waals surface area contributed by atoms with E-state index in [0.717, 1.165) is 15.6 Å². The van der Waals surface area contributed by atoms with Crippen molar-refractivity contribution >= 4 is 51.6 Å². The van der Waals surface area contributed by atoms with Crippen molar-refractivity contribution in [3.63, 3.8) is 0 Å². The molecular weight excluding hydrogens is 392 g/mol. The molecule has 0 spiro atoms. The van der Waals surface area contributed by atoms with Crippen molar-refractivity contribution in [1.82, 2.24) is 15.5 Å². The summed E-state index contributed by atoms with van der Waals surface area (Å²) in [6.07, 6.45) is 1.82. The number of nitrogens with one attached hydrogen (secondary N) is 2. The van der Waals surface area contributed by atoms with E-state index in [1.165, 1.54) is 11.3 Å². The molecule has 26 heavy (non-hydrogen) atoms. The van der Waals surface area contributed by atoms with E-state index in [1.54, 1.807) is 43.9 Å². The molecule has 2 aromatic rings. The lowest BCUT2D eigenvalue weighted by Crippen LogP contribution is -2.46. The number of hydrogen-bond acceptors (Lipinski definition) is 8. The Labute approximate surface area is 164 Å². The van der Waals surface area contributed by atoms with Gasteiger partial charge in [0.2, 0.25) is 11.0 Å². The third kappa shape index (κ3) is 6.58. The second kappa shape index (κ2) is 9.33. The average molecular weight is 415 g/mol. The van der Waals surface area contributed by atoms with Crippen LogP contribution in [0, 0.1) is 0 Å². The molecule has 0 radical (unpaired) electrons. The van der Waals surface area contributed by atoms with Gasteiger partial charge in [0.1, 0.15) is 11.6 Å². The summed E-state index contributed by atoms with van der Waals surface area (Å²) in [5.41, 5.74) is -0.626. The van der Waals surface area contributed by atoms with Gasteiger partial charge in [-0.05, 0) is 50.6 Å². The van der Waals surface area contributed by atoms with Gasteiger partial charge < -0.3 is 10.1 Å². The molecule has 0 aliphatic carbocycles. The minimum Gasteiger partial charge on any atom is -0.444 e. The van der Waals surface area contributed by atoms with E-state index in [2.05, 4.69) is 20.8 Å². The number of hydrogen-bond donors (Lipinski definition) is 2. The number of amides is 2. The van der Waals surface area contributed by atoms with Crippen LogP contribution in [0.1, 0.15) is 27.2 Å². The Balaban J connectivity index is 2.00. The van der Waals surface area contributed by atoms with Crippen LogP contribution >= 0.6 is 34.4 Å². The first-order chi connectivity index (χ1) is 12.3. The van der Waals surface area contributed by atoms with E-state index in [4.69, 9.17) is 4.74 Å². The largest absolute Gasteiger partial charge is 0.444 e. The van der Waals surface area contributed by atoms with Crippen LogP contribution in [0.2, 0.25) is 0 Å². The summed E-state index contributed by atoms with van der Waals surface area (Å²) in [6, 6.07) is 3.18. The van der Waals surface area contributed by atoms with Crippen LogP contribution in [0.4, 0.5) is 9.93 Å². The van der Waals surface area contributed by atoms with Crippen LogP contribution in [0.15, 0.2) is 17.5 Å². The molecule has 1 atom stereocenters. The molecule has 0 bridgehead atoms. The Morgan fingerprint density at radius 2 is 2.12 bits per heavy atom. The smallest absolute Gasteiger partial charge is 0.408 e. The van der Waals surface area contributed by atoms with Crippen molar-refractivity contribution < 1.29 is 14.3 Å². The van der Waals surface area contributed by atoms with Crippen LogP contribution in [0.3, 0.4) is 0 Å². The predicted molar refractivity (Wildman–Crippen MR) is 108 cm³/mol. The number of aromatic nitrogens is 2. The van der Waals surface area contributed by atoms with Gasteiger partial charge in [-0.2, -0.15) is 11.8 Å². The molecule has 2 aromatic heterocycles. The Bertz CT molecular complexity index is 725. The van der Waals surface area contributed by atoms with Crippen LogP contribution < -0.4 is 10.6 Å². The standard InChI is InChI=1S/C16H22N4O3S3/c1-16(2,3)23-15(22)17-10(7-9-24-4)12(21)18-14-20-19-13(26-14)11-6-5-8-25-11/h5-6,8,10H,7,9H2,1-4H3,(H,17,22)(H,18,20,21). The Morgan fingerprint density at radius 1 is 1.35 bits per heavy atom. The van der Waals surface area contributed by atoms with Gasteiger partial charge in [0.15, 0.2) is 5.01 Å². The van der Waals surface area contributed by atoms with Crippen molar-refractivity contribution in [2.24, 2.45) is 0 Å². The zero-order valence-corrected chi connectivity index (χ0v) is 17.5. The first-order valence-corrected chi connectivity index (χ1v) is 11.0. The number of anilines is 1. The van der Waals surface area contributed by atoms with E-state index in [1.807, 2.05) is 23.8 Å². The number of ether oxygens (including phenoxy) is 1. The zero-order chi connectivity index (χ0) is 19.2. The maximum Gasteiger partial charge on any atom is 0.408 e. The maximum absolute atomic E-state index is 12.6. The number of alkyl carbamates (subject to hydrolysis) is 1. The molecule has 2 amide bonds. The Morgan fingerprint density at radius 3 is 2.73 bits per heavy atom. The first-order valence-electron chi connectivity index (χ1n) is 7.95. The van der Waals surface area contributed by atoms with Gasteiger partial charge in [-0.15, -0.1) is 21.5 Å². The van der Waals surface area contributed by atoms with Gasteiger partial charge in [0.25, 0.3) is 0 Å². The number of carbonyl (C=O) groups excluding carboxylic acids is 2. The summed E-state index contributed by atoms with van der Waals surface area (Å²) in [6.45, 7) is 5.32. The summed E-state index contributed by atoms with van der Waals surface area (Å²) in [4.78, 5) is 25.6. The molecule has 0 fully saturated rings. The number of nitrogens with zero attached hydrogens (tertiary/aromatic N) is 2. The molecule has 2 heterocycles. The van der Waals surface area contributed by atoms with E-state index in [-0.39, 0.29) is 5.91 Å². The molecule has 0 saturated heterocycles. The van der Waals surface area contributed by atoms with Gasteiger partial charge in [-0.3, -0.25) is 10.1 Å². The fourth-order valence-electron chi connectivity index (χ4n) is 1.92. The van der Waals surface area contributed by atoms with Crippen molar-refractivity contribution in [2.75, 3.05) is 17.3 Å². The quantitative estimate of drug-likeness (QED) is 0.715. The predicted octanol–water partition coefficient (Wildman–Crippen LogP) is 3.85. The molecule has 0 aliphatic heterocycles. The van der Waals surface area contributed by atoms with Gasteiger partial charge in [0, 0.05) is 0 Å². The molecule has 0 aromatic carbocycles. The summed E-state index contributed by atoms with van der Waals surface area (Å²) >= 11 is 4.45. The second-order valence-corrected chi connectivity index (χ2v) is 9.27. The Hall–Kier alpha value is -1.65. The maximum atomic E-state index is 12.6. The highest BCUT2D eigenvalue weighted by atomic mass is 32.2. The van der Waals surface area contributed by atoms with Crippen molar-refractivity contribution in [1.29, 1.82) is 0 Å². The molecule has 2 N–H and O–H groups in total. The van der Waals surface area contributed by atoms with Crippen LogP contribution in [-0.4, -0.2) is 45.8 Å². The minimum atomic E-state index is -0.702. The number of thioether (sulfide) groups is 1. The van der Waals surface area contributed by atoms with Gasteiger partial charge >= 0.3 is 6.09 Å². The molecular formula is C16H22N4O3S3. The number of rotatable bonds is 7. The third-order valence-corrected chi connectivity index (χ3v) is 5.53. The molecule has 7 nitrogen and oxygen atoms in total. The first kappa shape index (κ1) is 20.7. The lowest BCUT2D eigenvalue weighted by Gasteiger charge is -2.23. The van der Waals surface area contributed by atoms with E-state index >= 15 is 0 Å². The SMILES string of the molecule is CSCCC(NC(=O)OC(C)(C)C)C(=O)Nc1nnc(-c2cccs2)s1. The molecule has 2 rings (SSSR count). The van der Waals surface area contributed by atoms with Crippen LogP contribution in [-0.2, 0) is 9.53 Å². The fourth-order valence-corrected chi connectivity index (χ4v) is 3.93. The number of carbonyl (C=O) groups is 2. The summed E-state index contributed by atoms with van der Waals surface area (Å²) in [5, 5.41) is 16.6. The zero-order valence-electron chi connectivity index (χ0n) is 15.1. The number of thiophene rings is 1. The molecule has 0 aliphatic rings. The fraction of sp³-hybridized carbons (Fsp3) is 0.500. The summed E-state index contributed by atoms with van der Waals surface area (Å²) < 4.78 is 5.24. The molecule has 10 heteroatoms. The third-order valence-electron chi connectivity index (χ3n) is 3.01. The minimum absolute atomic E-state index is 0.334. The average Bonchev–Trinajstić information content (AvgIpc) is 3.20. The highest BCUT2D eigenvalue weighted by molar-refractivity contribution is 7.98. The topological polar surface area (TPSA) is 93.2 Å². The molecule has 1 unspecified atom stereocenters. The summed E-state index contributed by atoms with van der Waals surface area (Å²) in [7, 11) is 0. The normalized spacial score (nSPS) is 12.5. The highest BCUT2D eigenvalue weighted by Crippen LogP contribution is 2.29. The highest BCUT2D eigenvalue weighted by Gasteiger charge is 2.25. The molecule has 0 saturated carbocycles. The van der Waals surface area contributed by atoms with Crippen molar-refractivity contribution in [3.05, 3.63) is 17.5 Å². The van der Waals surface area contributed by atoms with Gasteiger partial charge in [0.05, 0.1) is 4.88 Å². The van der Waals surface area contributed by atoms with E-state index in [0.29, 0.717) is 11.6 Å². The van der Waals surface area contributed by atoms with Crippen molar-refractivity contribution in [3.8, 4) is 9.88 Å².